The topological polar surface area (TPSA) is 38.0 Å². The molecule has 0 aliphatic rings. The molecular formula is C23H32N2. The molecule has 0 radical (unpaired) electrons. The molecule has 0 amide bonds. The largest absolute Gasteiger partial charge is 0.358 e. The summed E-state index contributed by atoms with van der Waals surface area (Å²) in [7, 11) is 0. The van der Waals surface area contributed by atoms with Crippen molar-refractivity contribution in [3.05, 3.63) is 77.5 Å². The van der Waals surface area contributed by atoms with Gasteiger partial charge in [-0.2, -0.15) is 0 Å². The number of nitrogens with two attached hydrogens (primary N) is 1. The van der Waals surface area contributed by atoms with Gasteiger partial charge in [0.1, 0.15) is 0 Å². The van der Waals surface area contributed by atoms with E-state index in [-0.39, 0.29) is 0 Å². The normalized spacial score (nSPS) is 13.3. The zero-order valence-electron chi connectivity index (χ0n) is 15.9. The molecule has 0 spiro atoms. The molecule has 134 valence electrons. The summed E-state index contributed by atoms with van der Waals surface area (Å²) in [6.07, 6.45) is 5.48. The van der Waals surface area contributed by atoms with E-state index in [0.29, 0.717) is 0 Å². The van der Waals surface area contributed by atoms with Crippen LogP contribution in [0.25, 0.3) is 0 Å². The molecule has 2 heteroatoms. The van der Waals surface area contributed by atoms with E-state index in [1.165, 1.54) is 36.0 Å². The van der Waals surface area contributed by atoms with Gasteiger partial charge in [-0.1, -0.05) is 61.9 Å². The number of rotatable bonds is 9. The zero-order valence-corrected chi connectivity index (χ0v) is 15.9. The molecule has 2 nitrogen and oxygen atoms in total. The Labute approximate surface area is 153 Å². The summed E-state index contributed by atoms with van der Waals surface area (Å²) in [4.78, 5) is 0. The van der Waals surface area contributed by atoms with Crippen LogP contribution >= 0.6 is 0 Å². The summed E-state index contributed by atoms with van der Waals surface area (Å²) in [5, 5.41) is 3.36. The molecule has 2 rings (SSSR count). The van der Waals surface area contributed by atoms with Crippen molar-refractivity contribution < 1.29 is 0 Å². The van der Waals surface area contributed by atoms with E-state index in [0.717, 1.165) is 24.2 Å². The van der Waals surface area contributed by atoms with Gasteiger partial charge in [-0.15, -0.1) is 0 Å². The third-order valence-corrected chi connectivity index (χ3v) is 4.81. The Morgan fingerprint density at radius 1 is 1.00 bits per heavy atom. The average Bonchev–Trinajstić information content (AvgIpc) is 2.61. The Morgan fingerprint density at radius 3 is 2.12 bits per heavy atom. The molecule has 1 atom stereocenters. The number of unbranched alkanes of at least 4 members (excludes halogenated alkanes) is 1. The van der Waals surface area contributed by atoms with Gasteiger partial charge in [-0.3, -0.25) is 0 Å². The Morgan fingerprint density at radius 2 is 1.56 bits per heavy atom. The first-order valence-corrected chi connectivity index (χ1v) is 9.30. The highest BCUT2D eigenvalue weighted by atomic mass is 15.0. The average molecular weight is 337 g/mol. The first kappa shape index (κ1) is 19.3. The van der Waals surface area contributed by atoms with Crippen LogP contribution in [0.15, 0.2) is 60.8 Å². The van der Waals surface area contributed by atoms with Gasteiger partial charge < -0.3 is 11.1 Å². The van der Waals surface area contributed by atoms with Crippen LogP contribution in [-0.4, -0.2) is 5.54 Å². The fourth-order valence-electron chi connectivity index (χ4n) is 2.76. The quantitative estimate of drug-likeness (QED) is 0.624. The lowest BCUT2D eigenvalue weighted by atomic mass is 9.91. The van der Waals surface area contributed by atoms with Gasteiger partial charge in [0, 0.05) is 11.4 Å². The minimum absolute atomic E-state index is 0.453. The molecular weight excluding hydrogens is 304 g/mol. The Balaban J connectivity index is 1.89. The van der Waals surface area contributed by atoms with Crippen molar-refractivity contribution >= 4 is 5.69 Å². The van der Waals surface area contributed by atoms with E-state index in [1.807, 2.05) is 6.92 Å². The molecule has 25 heavy (non-hydrogen) atoms. The molecule has 2 aromatic rings. The molecule has 0 saturated carbocycles. The third-order valence-electron chi connectivity index (χ3n) is 4.81. The van der Waals surface area contributed by atoms with Gasteiger partial charge >= 0.3 is 0 Å². The Hall–Kier alpha value is -2.06. The highest BCUT2D eigenvalue weighted by Crippen LogP contribution is 2.22. The molecule has 0 aliphatic carbocycles. The van der Waals surface area contributed by atoms with Crippen molar-refractivity contribution in [2.45, 2.75) is 58.4 Å². The van der Waals surface area contributed by atoms with Gasteiger partial charge in [0.2, 0.25) is 0 Å². The maximum absolute atomic E-state index is 6.52. The maximum atomic E-state index is 6.52. The zero-order chi connectivity index (χ0) is 18.3. The number of benzene rings is 2. The second kappa shape index (κ2) is 8.87. The van der Waals surface area contributed by atoms with Crippen molar-refractivity contribution in [2.24, 2.45) is 5.73 Å². The van der Waals surface area contributed by atoms with Gasteiger partial charge in [0.25, 0.3) is 0 Å². The lowest BCUT2D eigenvalue weighted by Crippen LogP contribution is -2.41. The van der Waals surface area contributed by atoms with Crippen LogP contribution in [0.4, 0.5) is 5.69 Å². The van der Waals surface area contributed by atoms with Crippen molar-refractivity contribution in [2.75, 3.05) is 5.32 Å². The Kier molecular flexibility index (Phi) is 6.83. The van der Waals surface area contributed by atoms with Crippen LogP contribution in [0.3, 0.4) is 0 Å². The van der Waals surface area contributed by atoms with Crippen molar-refractivity contribution in [1.29, 1.82) is 0 Å². The summed E-state index contributed by atoms with van der Waals surface area (Å²) < 4.78 is 0. The number of hydrogen-bond donors (Lipinski definition) is 2. The van der Waals surface area contributed by atoms with Crippen LogP contribution in [0, 0.1) is 6.92 Å². The number of nitrogens with one attached hydrogen (secondary N) is 1. The number of anilines is 1. The van der Waals surface area contributed by atoms with Crippen LogP contribution in [0.2, 0.25) is 0 Å². The first-order chi connectivity index (χ1) is 11.9. The van der Waals surface area contributed by atoms with Crippen molar-refractivity contribution in [1.82, 2.24) is 0 Å². The molecule has 0 aromatic heterocycles. The third kappa shape index (κ3) is 6.06. The van der Waals surface area contributed by atoms with Crippen LogP contribution in [0.5, 0.6) is 0 Å². The standard InChI is InChI=1S/C23H32N2/c1-5-6-7-20-10-12-21(13-11-20)16-17-23(4,24)19(3)25-22-14-8-18(2)9-15-22/h8-15,25H,3,5-7,16-17,24H2,1-2,4H3. The predicted molar refractivity (Wildman–Crippen MR) is 110 cm³/mol. The molecule has 2 aromatic carbocycles. The second-order valence-corrected chi connectivity index (χ2v) is 7.31. The molecule has 0 bridgehead atoms. The van der Waals surface area contributed by atoms with Crippen LogP contribution in [-0.2, 0) is 12.8 Å². The predicted octanol–water partition coefficient (Wildman–Crippen LogP) is 5.61. The van der Waals surface area contributed by atoms with Gasteiger partial charge in [-0.05, 0) is 62.8 Å². The minimum atomic E-state index is -0.453. The highest BCUT2D eigenvalue weighted by Gasteiger charge is 2.22. The maximum Gasteiger partial charge on any atom is 0.0530 e. The molecule has 1 unspecified atom stereocenters. The molecule has 0 heterocycles. The summed E-state index contributed by atoms with van der Waals surface area (Å²) in [5.74, 6) is 0. The fraction of sp³-hybridized carbons (Fsp3) is 0.391. The van der Waals surface area contributed by atoms with E-state index in [1.54, 1.807) is 0 Å². The van der Waals surface area contributed by atoms with E-state index in [2.05, 4.69) is 74.3 Å². The van der Waals surface area contributed by atoms with Crippen molar-refractivity contribution in [3.8, 4) is 0 Å². The molecule has 0 fully saturated rings. The monoisotopic (exact) mass is 336 g/mol. The van der Waals surface area contributed by atoms with E-state index >= 15 is 0 Å². The van der Waals surface area contributed by atoms with Crippen LogP contribution < -0.4 is 11.1 Å². The van der Waals surface area contributed by atoms with Gasteiger partial charge in [0.15, 0.2) is 0 Å². The molecule has 0 saturated heterocycles. The lowest BCUT2D eigenvalue weighted by Gasteiger charge is -2.28. The molecule has 0 aliphatic heterocycles. The highest BCUT2D eigenvalue weighted by molar-refractivity contribution is 5.50. The van der Waals surface area contributed by atoms with E-state index in [9.17, 15) is 0 Å². The van der Waals surface area contributed by atoms with Crippen molar-refractivity contribution in [3.63, 3.8) is 0 Å². The van der Waals surface area contributed by atoms with Gasteiger partial charge in [0.05, 0.1) is 5.54 Å². The summed E-state index contributed by atoms with van der Waals surface area (Å²) in [5.41, 5.74) is 12.0. The fourth-order valence-corrected chi connectivity index (χ4v) is 2.76. The van der Waals surface area contributed by atoms with Gasteiger partial charge in [-0.25, -0.2) is 0 Å². The summed E-state index contributed by atoms with van der Waals surface area (Å²) in [6.45, 7) is 10.5. The number of hydrogen-bond acceptors (Lipinski definition) is 2. The van der Waals surface area contributed by atoms with E-state index in [4.69, 9.17) is 5.73 Å². The molecule has 3 N–H and O–H groups in total. The Bertz CT molecular complexity index is 666. The summed E-state index contributed by atoms with van der Waals surface area (Å²) in [6, 6.07) is 17.3. The first-order valence-electron chi connectivity index (χ1n) is 9.30. The summed E-state index contributed by atoms with van der Waals surface area (Å²) >= 11 is 0. The van der Waals surface area contributed by atoms with E-state index < -0.39 is 5.54 Å². The second-order valence-electron chi connectivity index (χ2n) is 7.31. The number of aryl methyl sites for hydroxylation is 3. The lowest BCUT2D eigenvalue weighted by molar-refractivity contribution is 0.508. The van der Waals surface area contributed by atoms with Crippen LogP contribution in [0.1, 0.15) is 49.8 Å². The SMILES string of the molecule is C=C(Nc1ccc(C)cc1)C(C)(N)CCc1ccc(CCCC)cc1. The smallest absolute Gasteiger partial charge is 0.0530 e. The minimum Gasteiger partial charge on any atom is -0.358 e.